The summed E-state index contributed by atoms with van der Waals surface area (Å²) in [7, 11) is 4.18. The summed E-state index contributed by atoms with van der Waals surface area (Å²) in [5.74, 6) is 0.271. The molecule has 4 heteroatoms. The van der Waals surface area contributed by atoms with Gasteiger partial charge < -0.3 is 15.1 Å². The molecule has 1 unspecified atom stereocenters. The third-order valence-electron chi connectivity index (χ3n) is 3.92. The molecule has 1 rings (SSSR count). The summed E-state index contributed by atoms with van der Waals surface area (Å²) in [5, 5.41) is 3.43. The zero-order valence-corrected chi connectivity index (χ0v) is 14.0. The molecule has 4 nitrogen and oxygen atoms in total. The zero-order valence-electron chi connectivity index (χ0n) is 14.0. The van der Waals surface area contributed by atoms with Crippen LogP contribution in [0, 0.1) is 5.41 Å². The van der Waals surface area contributed by atoms with Gasteiger partial charge in [0.15, 0.2) is 0 Å². The van der Waals surface area contributed by atoms with Crippen molar-refractivity contribution in [2.24, 2.45) is 5.41 Å². The minimum absolute atomic E-state index is 0.0745. The van der Waals surface area contributed by atoms with Gasteiger partial charge in [-0.3, -0.25) is 4.79 Å². The Hall–Kier alpha value is -0.610. The third-order valence-corrected chi connectivity index (χ3v) is 3.92. The van der Waals surface area contributed by atoms with E-state index in [2.05, 4.69) is 38.2 Å². The fourth-order valence-electron chi connectivity index (χ4n) is 2.99. The molecule has 0 aromatic carbocycles. The lowest BCUT2D eigenvalue weighted by molar-refractivity contribution is -0.133. The fraction of sp³-hybridized carbons (Fsp3) is 0.938. The Kier molecular flexibility index (Phi) is 6.96. The van der Waals surface area contributed by atoms with Crippen molar-refractivity contribution in [1.82, 2.24) is 15.1 Å². The molecule has 1 amide bonds. The number of hydrogen-bond donors (Lipinski definition) is 1. The number of rotatable bonds is 6. The summed E-state index contributed by atoms with van der Waals surface area (Å²) in [6.45, 7) is 10.2. The number of nitrogens with zero attached hydrogens (tertiary/aromatic N) is 2. The monoisotopic (exact) mass is 283 g/mol. The van der Waals surface area contributed by atoms with Crippen LogP contribution in [0.3, 0.4) is 0 Å². The molecule has 0 radical (unpaired) electrons. The zero-order chi connectivity index (χ0) is 15.2. The summed E-state index contributed by atoms with van der Waals surface area (Å²) in [5.41, 5.74) is 0.177. The normalized spacial score (nSPS) is 19.0. The highest BCUT2D eigenvalue weighted by Gasteiger charge is 2.24. The minimum atomic E-state index is -0.0745. The highest BCUT2D eigenvalue weighted by Crippen LogP contribution is 2.15. The van der Waals surface area contributed by atoms with E-state index >= 15 is 0 Å². The molecule has 0 bridgehead atoms. The van der Waals surface area contributed by atoms with E-state index in [4.69, 9.17) is 0 Å². The topological polar surface area (TPSA) is 35.6 Å². The van der Waals surface area contributed by atoms with Crippen molar-refractivity contribution in [3.8, 4) is 0 Å². The molecule has 0 saturated carbocycles. The van der Waals surface area contributed by atoms with Crippen LogP contribution in [0.25, 0.3) is 0 Å². The summed E-state index contributed by atoms with van der Waals surface area (Å²) in [6.07, 6.45) is 4.85. The molecule has 1 saturated heterocycles. The van der Waals surface area contributed by atoms with Gasteiger partial charge in [-0.05, 0) is 39.3 Å². The first-order valence-corrected chi connectivity index (χ1v) is 7.99. The van der Waals surface area contributed by atoms with E-state index < -0.39 is 0 Å². The highest BCUT2D eigenvalue weighted by molar-refractivity contribution is 5.81. The predicted molar refractivity (Wildman–Crippen MR) is 84.8 cm³/mol. The van der Waals surface area contributed by atoms with Crippen molar-refractivity contribution in [1.29, 1.82) is 0 Å². The van der Waals surface area contributed by atoms with Crippen LogP contribution in [0.5, 0.6) is 0 Å². The van der Waals surface area contributed by atoms with Gasteiger partial charge in [-0.2, -0.15) is 0 Å². The molecule has 0 spiro atoms. The van der Waals surface area contributed by atoms with Crippen molar-refractivity contribution in [2.45, 2.75) is 52.5 Å². The Labute approximate surface area is 124 Å². The van der Waals surface area contributed by atoms with Crippen molar-refractivity contribution < 1.29 is 4.79 Å². The molecule has 0 aliphatic carbocycles. The van der Waals surface area contributed by atoms with Crippen LogP contribution in [0.1, 0.15) is 46.5 Å². The molecule has 1 atom stereocenters. The lowest BCUT2D eigenvalue weighted by Gasteiger charge is -2.31. The Morgan fingerprint density at radius 3 is 2.25 bits per heavy atom. The molecule has 118 valence electrons. The van der Waals surface area contributed by atoms with Crippen LogP contribution < -0.4 is 5.32 Å². The van der Waals surface area contributed by atoms with Crippen molar-refractivity contribution in [2.75, 3.05) is 40.3 Å². The van der Waals surface area contributed by atoms with E-state index in [1.165, 1.54) is 12.8 Å². The third kappa shape index (κ3) is 6.23. The number of likely N-dealkylation sites (tertiary alicyclic amines) is 1. The van der Waals surface area contributed by atoms with E-state index in [0.29, 0.717) is 0 Å². The van der Waals surface area contributed by atoms with Crippen molar-refractivity contribution in [3.05, 3.63) is 0 Å². The molecule has 1 aliphatic heterocycles. The molecular weight excluding hydrogens is 250 g/mol. The van der Waals surface area contributed by atoms with Crippen LogP contribution in [0.2, 0.25) is 0 Å². The maximum atomic E-state index is 12.4. The molecule has 1 N–H and O–H groups in total. The Balaban J connectivity index is 2.40. The molecule has 0 aromatic rings. The molecule has 20 heavy (non-hydrogen) atoms. The standard InChI is InChI=1S/C16H33N3O/c1-14(17-12-16(2,3)13-18(4)5)15(20)19-10-8-6-7-9-11-19/h14,17H,6-13H2,1-5H3. The average Bonchev–Trinajstić information content (AvgIpc) is 2.62. The first-order valence-electron chi connectivity index (χ1n) is 7.99. The first kappa shape index (κ1) is 17.4. The van der Waals surface area contributed by atoms with Gasteiger partial charge in [0.05, 0.1) is 6.04 Å². The van der Waals surface area contributed by atoms with E-state index in [0.717, 1.165) is 39.0 Å². The van der Waals surface area contributed by atoms with Gasteiger partial charge in [0.1, 0.15) is 0 Å². The van der Waals surface area contributed by atoms with Gasteiger partial charge in [-0.1, -0.05) is 26.7 Å². The van der Waals surface area contributed by atoms with Crippen LogP contribution in [0.15, 0.2) is 0 Å². The Morgan fingerprint density at radius 2 is 1.75 bits per heavy atom. The van der Waals surface area contributed by atoms with Crippen LogP contribution >= 0.6 is 0 Å². The molecule has 1 aliphatic rings. The molecule has 1 fully saturated rings. The summed E-state index contributed by atoms with van der Waals surface area (Å²) in [4.78, 5) is 16.7. The SMILES string of the molecule is CC(NCC(C)(C)CN(C)C)C(=O)N1CCCCCC1. The maximum Gasteiger partial charge on any atom is 0.239 e. The second-order valence-corrected chi connectivity index (χ2v) is 7.24. The molecule has 0 aromatic heterocycles. The van der Waals surface area contributed by atoms with Crippen molar-refractivity contribution >= 4 is 5.91 Å². The second kappa shape index (κ2) is 7.99. The fourth-order valence-corrected chi connectivity index (χ4v) is 2.99. The summed E-state index contributed by atoms with van der Waals surface area (Å²) < 4.78 is 0. The quantitative estimate of drug-likeness (QED) is 0.809. The van der Waals surface area contributed by atoms with E-state index in [-0.39, 0.29) is 17.4 Å². The smallest absolute Gasteiger partial charge is 0.239 e. The van der Waals surface area contributed by atoms with E-state index in [1.54, 1.807) is 0 Å². The molecular formula is C16H33N3O. The van der Waals surface area contributed by atoms with Gasteiger partial charge >= 0.3 is 0 Å². The maximum absolute atomic E-state index is 12.4. The summed E-state index contributed by atoms with van der Waals surface area (Å²) >= 11 is 0. The number of carbonyl (C=O) groups excluding carboxylic acids is 1. The van der Waals surface area contributed by atoms with Gasteiger partial charge in [-0.25, -0.2) is 0 Å². The molecule has 1 heterocycles. The van der Waals surface area contributed by atoms with E-state index in [9.17, 15) is 4.79 Å². The highest BCUT2D eigenvalue weighted by atomic mass is 16.2. The lowest BCUT2D eigenvalue weighted by atomic mass is 9.92. The van der Waals surface area contributed by atoms with Crippen LogP contribution in [-0.4, -0.2) is 62.0 Å². The predicted octanol–water partition coefficient (Wildman–Crippen LogP) is 1.95. The van der Waals surface area contributed by atoms with Gasteiger partial charge in [0.2, 0.25) is 5.91 Å². The Morgan fingerprint density at radius 1 is 1.20 bits per heavy atom. The first-order chi connectivity index (χ1) is 9.32. The van der Waals surface area contributed by atoms with Gasteiger partial charge in [0.25, 0.3) is 0 Å². The van der Waals surface area contributed by atoms with E-state index in [1.807, 2.05) is 11.8 Å². The van der Waals surface area contributed by atoms with Gasteiger partial charge in [0, 0.05) is 26.2 Å². The lowest BCUT2D eigenvalue weighted by Crippen LogP contribution is -2.48. The van der Waals surface area contributed by atoms with Crippen LogP contribution in [-0.2, 0) is 4.79 Å². The summed E-state index contributed by atoms with van der Waals surface area (Å²) in [6, 6.07) is -0.0745. The largest absolute Gasteiger partial charge is 0.341 e. The number of nitrogens with one attached hydrogen (secondary N) is 1. The Bertz CT molecular complexity index is 294. The van der Waals surface area contributed by atoms with Crippen LogP contribution in [0.4, 0.5) is 0 Å². The second-order valence-electron chi connectivity index (χ2n) is 7.24. The number of hydrogen-bond acceptors (Lipinski definition) is 3. The minimum Gasteiger partial charge on any atom is -0.341 e. The number of carbonyl (C=O) groups is 1. The average molecular weight is 283 g/mol. The number of amides is 1. The van der Waals surface area contributed by atoms with Crippen molar-refractivity contribution in [3.63, 3.8) is 0 Å². The van der Waals surface area contributed by atoms with Gasteiger partial charge in [-0.15, -0.1) is 0 Å².